The van der Waals surface area contributed by atoms with Gasteiger partial charge in [0.25, 0.3) is 10.1 Å². The van der Waals surface area contributed by atoms with Crippen molar-refractivity contribution < 1.29 is 21.0 Å². The molecule has 0 unspecified atom stereocenters. The maximum absolute atomic E-state index is 11.8. The van der Waals surface area contributed by atoms with Crippen LogP contribution in [0.3, 0.4) is 0 Å². The van der Waals surface area contributed by atoms with Crippen LogP contribution in [0.2, 0.25) is 0 Å². The lowest BCUT2D eigenvalue weighted by atomic mass is 10.2. The maximum Gasteiger partial charge on any atom is 0.297 e. The summed E-state index contributed by atoms with van der Waals surface area (Å²) in [5.41, 5.74) is 6.48. The van der Waals surface area contributed by atoms with Crippen molar-refractivity contribution in [3.05, 3.63) is 41.3 Å². The van der Waals surface area contributed by atoms with Gasteiger partial charge in [0, 0.05) is 17.7 Å². The molecule has 6 nitrogen and oxygen atoms in total. The molecule has 0 bridgehead atoms. The molecule has 0 spiro atoms. The monoisotopic (exact) mass is 319 g/mol. The molecule has 0 saturated heterocycles. The van der Waals surface area contributed by atoms with Crippen LogP contribution in [-0.2, 0) is 24.1 Å². The van der Waals surface area contributed by atoms with E-state index in [1.54, 1.807) is 12.1 Å². The largest absolute Gasteiger partial charge is 0.322 e. The van der Waals surface area contributed by atoms with Crippen molar-refractivity contribution in [1.82, 2.24) is 0 Å². The second-order valence-corrected chi connectivity index (χ2v) is 7.92. The fraction of sp³-hybridized carbons (Fsp3) is 0.333. The normalized spacial score (nSPS) is 14.6. The van der Waals surface area contributed by atoms with Gasteiger partial charge >= 0.3 is 0 Å². The molecular formula is C12H17NO5S2. The number of nitrogens with two attached hydrogens (primary N) is 1. The molecule has 0 aliphatic carbocycles. The Bertz CT molecular complexity index is 675. The molecule has 0 aliphatic rings. The van der Waals surface area contributed by atoms with Gasteiger partial charge in [-0.25, -0.2) is 8.42 Å². The number of hydrogen-bond acceptors (Lipinski definition) is 6. The van der Waals surface area contributed by atoms with E-state index in [0.29, 0.717) is 0 Å². The zero-order chi connectivity index (χ0) is 15.4. The lowest BCUT2D eigenvalue weighted by Crippen LogP contribution is -2.26. The van der Waals surface area contributed by atoms with Crippen LogP contribution in [0.15, 0.2) is 40.6 Å². The van der Waals surface area contributed by atoms with E-state index in [1.807, 2.05) is 6.92 Å². The van der Waals surface area contributed by atoms with Gasteiger partial charge in [0.05, 0.1) is 11.5 Å². The molecule has 0 radical (unpaired) electrons. The highest BCUT2D eigenvalue weighted by Gasteiger charge is 2.16. The van der Waals surface area contributed by atoms with Gasteiger partial charge in [-0.3, -0.25) is 4.18 Å². The maximum atomic E-state index is 11.8. The second-order valence-electron chi connectivity index (χ2n) is 4.37. The summed E-state index contributed by atoms with van der Waals surface area (Å²) in [5, 5.41) is 0.916. The molecule has 20 heavy (non-hydrogen) atoms. The fourth-order valence-electron chi connectivity index (χ4n) is 1.24. The molecule has 0 fully saturated rings. The third-order valence-corrected chi connectivity index (χ3v) is 4.25. The van der Waals surface area contributed by atoms with E-state index in [0.717, 1.165) is 17.2 Å². The highest BCUT2D eigenvalue weighted by Crippen LogP contribution is 2.13. The average Bonchev–Trinajstić information content (AvgIpc) is 2.34. The summed E-state index contributed by atoms with van der Waals surface area (Å²) in [6.45, 7) is 1.51. The SMILES string of the molecule is Cc1ccc(S(=O)(=O)OC[C@H](N)/C=C\S(C)(=O)=O)cc1. The minimum absolute atomic E-state index is 0.0300. The molecule has 0 heterocycles. The number of benzene rings is 1. The number of hydrogen-bond donors (Lipinski definition) is 1. The second kappa shape index (κ2) is 6.49. The first-order chi connectivity index (χ1) is 9.10. The molecule has 0 amide bonds. The summed E-state index contributed by atoms with van der Waals surface area (Å²) in [7, 11) is -7.18. The van der Waals surface area contributed by atoms with Crippen LogP contribution < -0.4 is 5.73 Å². The fourth-order valence-corrected chi connectivity index (χ4v) is 2.67. The third kappa shape index (κ3) is 5.83. The Labute approximate surface area is 119 Å². The third-order valence-electron chi connectivity index (χ3n) is 2.30. The smallest absolute Gasteiger partial charge is 0.297 e. The minimum atomic E-state index is -3.89. The van der Waals surface area contributed by atoms with Gasteiger partial charge in [-0.05, 0) is 19.1 Å². The lowest BCUT2D eigenvalue weighted by molar-refractivity contribution is 0.308. The van der Waals surface area contributed by atoms with Crippen LogP contribution in [-0.4, -0.2) is 35.7 Å². The van der Waals surface area contributed by atoms with Crippen LogP contribution in [0, 0.1) is 6.92 Å². The van der Waals surface area contributed by atoms with Crippen molar-refractivity contribution >= 4 is 20.0 Å². The molecule has 8 heteroatoms. The lowest BCUT2D eigenvalue weighted by Gasteiger charge is -2.08. The Morgan fingerprint density at radius 3 is 2.25 bits per heavy atom. The molecule has 1 rings (SSSR count). The van der Waals surface area contributed by atoms with Crippen LogP contribution in [0.5, 0.6) is 0 Å². The minimum Gasteiger partial charge on any atom is -0.322 e. The topological polar surface area (TPSA) is 104 Å². The molecule has 112 valence electrons. The standard InChI is InChI=1S/C12H17NO5S2/c1-10-3-5-12(6-4-10)20(16,17)18-9-11(13)7-8-19(2,14)15/h3-8,11H,9,13H2,1-2H3/b8-7-/t11-/m1/s1. The van der Waals surface area contributed by atoms with E-state index in [-0.39, 0.29) is 11.5 Å². The van der Waals surface area contributed by atoms with E-state index >= 15 is 0 Å². The molecular weight excluding hydrogens is 302 g/mol. The summed E-state index contributed by atoms with van der Waals surface area (Å²) >= 11 is 0. The number of aryl methyl sites for hydroxylation is 1. The van der Waals surface area contributed by atoms with Crippen molar-refractivity contribution in [2.75, 3.05) is 12.9 Å². The molecule has 0 aromatic heterocycles. The van der Waals surface area contributed by atoms with E-state index in [2.05, 4.69) is 0 Å². The van der Waals surface area contributed by atoms with E-state index < -0.39 is 26.0 Å². The summed E-state index contributed by atoms with van der Waals surface area (Å²) in [6.07, 6.45) is 2.19. The Hall–Kier alpha value is -1.22. The Kier molecular flexibility index (Phi) is 5.46. The van der Waals surface area contributed by atoms with Crippen LogP contribution in [0.4, 0.5) is 0 Å². The van der Waals surface area contributed by atoms with Gasteiger partial charge in [0.2, 0.25) is 0 Å². The molecule has 2 N–H and O–H groups in total. The summed E-state index contributed by atoms with van der Waals surface area (Å²) in [5.74, 6) is 0. The quantitative estimate of drug-likeness (QED) is 0.770. The van der Waals surface area contributed by atoms with Gasteiger partial charge in [0.15, 0.2) is 9.84 Å². The van der Waals surface area contributed by atoms with Gasteiger partial charge in [-0.1, -0.05) is 23.8 Å². The van der Waals surface area contributed by atoms with Crippen molar-refractivity contribution in [3.63, 3.8) is 0 Å². The molecule has 1 atom stereocenters. The van der Waals surface area contributed by atoms with Crippen molar-refractivity contribution in [2.24, 2.45) is 5.73 Å². The van der Waals surface area contributed by atoms with E-state index in [1.165, 1.54) is 18.2 Å². The Morgan fingerprint density at radius 1 is 1.20 bits per heavy atom. The number of sulfone groups is 1. The zero-order valence-electron chi connectivity index (χ0n) is 11.2. The molecule has 1 aromatic rings. The van der Waals surface area contributed by atoms with Crippen LogP contribution >= 0.6 is 0 Å². The average molecular weight is 319 g/mol. The highest BCUT2D eigenvalue weighted by atomic mass is 32.2. The molecule has 1 aromatic carbocycles. The van der Waals surface area contributed by atoms with Crippen LogP contribution in [0.25, 0.3) is 0 Å². The highest BCUT2D eigenvalue weighted by molar-refractivity contribution is 7.93. The van der Waals surface area contributed by atoms with Crippen LogP contribution in [0.1, 0.15) is 5.56 Å². The summed E-state index contributed by atoms with van der Waals surface area (Å²) in [6, 6.07) is 5.34. The van der Waals surface area contributed by atoms with E-state index in [9.17, 15) is 16.8 Å². The van der Waals surface area contributed by atoms with Crippen molar-refractivity contribution in [1.29, 1.82) is 0 Å². The van der Waals surface area contributed by atoms with Gasteiger partial charge in [0.1, 0.15) is 0 Å². The Balaban J connectivity index is 2.69. The molecule has 0 aliphatic heterocycles. The van der Waals surface area contributed by atoms with Crippen molar-refractivity contribution in [3.8, 4) is 0 Å². The predicted molar refractivity (Wildman–Crippen MR) is 76.3 cm³/mol. The van der Waals surface area contributed by atoms with E-state index in [4.69, 9.17) is 9.92 Å². The first-order valence-corrected chi connectivity index (χ1v) is 9.06. The zero-order valence-corrected chi connectivity index (χ0v) is 12.8. The molecule has 0 saturated carbocycles. The first kappa shape index (κ1) is 16.8. The van der Waals surface area contributed by atoms with Gasteiger partial charge in [-0.15, -0.1) is 0 Å². The predicted octanol–water partition coefficient (Wildman–Crippen LogP) is 0.586. The van der Waals surface area contributed by atoms with Gasteiger partial charge in [-0.2, -0.15) is 8.42 Å². The van der Waals surface area contributed by atoms with Crippen molar-refractivity contribution in [2.45, 2.75) is 17.9 Å². The number of rotatable bonds is 6. The van der Waals surface area contributed by atoms with Gasteiger partial charge < -0.3 is 5.73 Å². The Morgan fingerprint density at radius 2 is 1.75 bits per heavy atom. The first-order valence-electron chi connectivity index (χ1n) is 5.70. The summed E-state index contributed by atoms with van der Waals surface area (Å²) in [4.78, 5) is 0.0300. The summed E-state index contributed by atoms with van der Waals surface area (Å²) < 4.78 is 50.2.